The van der Waals surface area contributed by atoms with Crippen LogP contribution in [0.15, 0.2) is 10.3 Å². The maximum Gasteiger partial charge on any atom is 0.0632 e. The van der Waals surface area contributed by atoms with E-state index in [1.165, 1.54) is 38.5 Å². The van der Waals surface area contributed by atoms with Gasteiger partial charge in [-0.3, -0.25) is 0 Å². The van der Waals surface area contributed by atoms with E-state index in [2.05, 4.69) is 24.2 Å². The Morgan fingerprint density at radius 2 is 1.74 bits per heavy atom. The Balaban J connectivity index is 1.63. The van der Waals surface area contributed by atoms with E-state index in [-0.39, 0.29) is 5.41 Å². The summed E-state index contributed by atoms with van der Waals surface area (Å²) in [5.41, 5.74) is 2.64. The van der Waals surface area contributed by atoms with Crippen LogP contribution in [0.5, 0.6) is 0 Å². The van der Waals surface area contributed by atoms with E-state index in [4.69, 9.17) is 5.21 Å². The van der Waals surface area contributed by atoms with Crippen LogP contribution in [0.2, 0.25) is 0 Å². The molecule has 0 bridgehead atoms. The van der Waals surface area contributed by atoms with Crippen molar-refractivity contribution >= 4 is 11.4 Å². The average Bonchev–Trinajstić information content (AvgIpc) is 2.90. The molecule has 2 N–H and O–H groups in total. The Labute approximate surface area is 139 Å². The van der Waals surface area contributed by atoms with Crippen LogP contribution in [0.3, 0.4) is 0 Å². The van der Waals surface area contributed by atoms with Gasteiger partial charge in [-0.2, -0.15) is 0 Å². The lowest BCUT2D eigenvalue weighted by Gasteiger charge is -2.59. The molecule has 4 aliphatic rings. The Kier molecular flexibility index (Phi) is 3.51. The molecule has 0 aromatic rings. The summed E-state index contributed by atoms with van der Waals surface area (Å²) in [6.45, 7) is 4.86. The summed E-state index contributed by atoms with van der Waals surface area (Å²) >= 11 is 0. The van der Waals surface area contributed by atoms with Crippen LogP contribution in [0.25, 0.3) is 0 Å². The molecule has 0 aliphatic heterocycles. The molecule has 4 nitrogen and oxygen atoms in total. The Hall–Kier alpha value is -1.06. The first kappa shape index (κ1) is 15.5. The molecule has 0 aromatic heterocycles. The largest absolute Gasteiger partial charge is 0.411 e. The van der Waals surface area contributed by atoms with Gasteiger partial charge < -0.3 is 10.4 Å². The van der Waals surface area contributed by atoms with Crippen LogP contribution in [-0.2, 0) is 0 Å². The van der Waals surface area contributed by atoms with Crippen molar-refractivity contribution in [3.05, 3.63) is 0 Å². The summed E-state index contributed by atoms with van der Waals surface area (Å²) in [6.07, 6.45) is 10.4. The molecule has 4 rings (SSSR count). The maximum atomic E-state index is 9.41. The van der Waals surface area contributed by atoms with E-state index in [1.807, 2.05) is 0 Å². The van der Waals surface area contributed by atoms with Gasteiger partial charge in [0.25, 0.3) is 0 Å². The summed E-state index contributed by atoms with van der Waals surface area (Å²) < 4.78 is 0. The monoisotopic (exact) mass is 318 g/mol. The third kappa shape index (κ3) is 2.02. The van der Waals surface area contributed by atoms with Crippen LogP contribution in [0, 0.1) is 34.5 Å². The lowest BCUT2D eigenvalue weighted by molar-refractivity contribution is -0.0819. The first-order valence-corrected chi connectivity index (χ1v) is 9.44. The number of nitrogens with zero attached hydrogens (tertiary/aromatic N) is 2. The predicted molar refractivity (Wildman–Crippen MR) is 90.2 cm³/mol. The topological polar surface area (TPSA) is 65.2 Å². The summed E-state index contributed by atoms with van der Waals surface area (Å²) in [5.74, 6) is 3.00. The molecule has 0 aromatic carbocycles. The van der Waals surface area contributed by atoms with Crippen LogP contribution < -0.4 is 0 Å². The third-order valence-electron chi connectivity index (χ3n) is 8.50. The zero-order valence-electron chi connectivity index (χ0n) is 14.5. The molecule has 0 spiro atoms. The van der Waals surface area contributed by atoms with E-state index in [0.717, 1.165) is 42.5 Å². The van der Waals surface area contributed by atoms with Crippen LogP contribution in [-0.4, -0.2) is 21.8 Å². The second-order valence-corrected chi connectivity index (χ2v) is 9.07. The Morgan fingerprint density at radius 3 is 2.48 bits per heavy atom. The normalized spacial score (nSPS) is 53.0. The van der Waals surface area contributed by atoms with Crippen LogP contribution >= 0.6 is 0 Å². The highest BCUT2D eigenvalue weighted by atomic mass is 16.4. The summed E-state index contributed by atoms with van der Waals surface area (Å²) in [6, 6.07) is 0. The molecule has 128 valence electrons. The average molecular weight is 318 g/mol. The Morgan fingerprint density at radius 1 is 0.913 bits per heavy atom. The molecular formula is C19H30N2O2. The van der Waals surface area contributed by atoms with E-state index in [1.54, 1.807) is 0 Å². The van der Waals surface area contributed by atoms with E-state index in [9.17, 15) is 5.21 Å². The first-order valence-electron chi connectivity index (χ1n) is 9.44. The van der Waals surface area contributed by atoms with Crippen molar-refractivity contribution in [2.75, 3.05) is 0 Å². The summed E-state index contributed by atoms with van der Waals surface area (Å²) in [5, 5.41) is 25.8. The molecule has 23 heavy (non-hydrogen) atoms. The Bertz CT molecular complexity index is 558. The fourth-order valence-corrected chi connectivity index (χ4v) is 7.10. The molecule has 0 saturated heterocycles. The molecule has 0 radical (unpaired) electrons. The first-order chi connectivity index (χ1) is 11.0. The number of fused-ring (bicyclic) bond motifs is 5. The van der Waals surface area contributed by atoms with Gasteiger partial charge in [0.2, 0.25) is 0 Å². The van der Waals surface area contributed by atoms with Crippen molar-refractivity contribution in [2.24, 2.45) is 44.8 Å². The second kappa shape index (κ2) is 5.22. The van der Waals surface area contributed by atoms with Crippen molar-refractivity contribution in [2.45, 2.75) is 71.6 Å². The summed E-state index contributed by atoms with van der Waals surface area (Å²) in [7, 11) is 0. The van der Waals surface area contributed by atoms with Gasteiger partial charge in [0.05, 0.1) is 11.4 Å². The second-order valence-electron chi connectivity index (χ2n) is 9.07. The molecule has 6 atom stereocenters. The highest BCUT2D eigenvalue weighted by molar-refractivity contribution is 5.92. The molecule has 0 unspecified atom stereocenters. The number of oxime groups is 2. The van der Waals surface area contributed by atoms with E-state index in [0.29, 0.717) is 17.3 Å². The van der Waals surface area contributed by atoms with E-state index >= 15 is 0 Å². The molecule has 0 amide bonds. The smallest absolute Gasteiger partial charge is 0.0632 e. The highest BCUT2D eigenvalue weighted by Gasteiger charge is 2.59. The number of hydrogen-bond acceptors (Lipinski definition) is 4. The van der Waals surface area contributed by atoms with Crippen molar-refractivity contribution in [1.82, 2.24) is 0 Å². The van der Waals surface area contributed by atoms with Crippen molar-refractivity contribution < 1.29 is 10.4 Å². The molecule has 4 saturated carbocycles. The highest BCUT2D eigenvalue weighted by Crippen LogP contribution is 2.65. The molecule has 4 heteroatoms. The summed E-state index contributed by atoms with van der Waals surface area (Å²) in [4.78, 5) is 0. The SMILES string of the molecule is C[C@]12CCC(=NO)C[C@@H]1CC[C@H]1[C@H]2CC[C@]2(C)C(=NO)CC[C@H]12. The molecule has 0 heterocycles. The zero-order chi connectivity index (χ0) is 16.2. The lowest BCUT2D eigenvalue weighted by Crippen LogP contribution is -2.53. The van der Waals surface area contributed by atoms with Gasteiger partial charge in [-0.15, -0.1) is 0 Å². The van der Waals surface area contributed by atoms with Gasteiger partial charge in [-0.05, 0) is 86.9 Å². The van der Waals surface area contributed by atoms with E-state index < -0.39 is 0 Å². The van der Waals surface area contributed by atoms with Gasteiger partial charge in [-0.25, -0.2) is 0 Å². The molecule has 4 fully saturated rings. The van der Waals surface area contributed by atoms with Crippen molar-refractivity contribution in [3.63, 3.8) is 0 Å². The van der Waals surface area contributed by atoms with Crippen molar-refractivity contribution in [3.8, 4) is 0 Å². The predicted octanol–water partition coefficient (Wildman–Crippen LogP) is 4.69. The molecular weight excluding hydrogens is 288 g/mol. The van der Waals surface area contributed by atoms with Gasteiger partial charge >= 0.3 is 0 Å². The quantitative estimate of drug-likeness (QED) is 0.502. The minimum atomic E-state index is 0.144. The minimum Gasteiger partial charge on any atom is -0.411 e. The van der Waals surface area contributed by atoms with Gasteiger partial charge in [-0.1, -0.05) is 24.2 Å². The van der Waals surface area contributed by atoms with Crippen LogP contribution in [0.4, 0.5) is 0 Å². The van der Waals surface area contributed by atoms with Crippen LogP contribution in [0.1, 0.15) is 71.6 Å². The third-order valence-corrected chi connectivity index (χ3v) is 8.50. The van der Waals surface area contributed by atoms with Crippen molar-refractivity contribution in [1.29, 1.82) is 0 Å². The minimum absolute atomic E-state index is 0.144. The van der Waals surface area contributed by atoms with Gasteiger partial charge in [0.1, 0.15) is 0 Å². The number of rotatable bonds is 0. The fourth-order valence-electron chi connectivity index (χ4n) is 7.10. The zero-order valence-corrected chi connectivity index (χ0v) is 14.5. The van der Waals surface area contributed by atoms with Gasteiger partial charge in [0, 0.05) is 5.41 Å². The maximum absolute atomic E-state index is 9.41. The fraction of sp³-hybridized carbons (Fsp3) is 0.895. The number of hydrogen-bond donors (Lipinski definition) is 2. The standard InChI is InChI=1S/C19H30N2O2/c1-18-9-7-13(20-22)11-12(18)3-4-14-15-5-6-17(21-23)19(15,2)10-8-16(14)18/h12,14-16,22-23H,3-11H2,1-2H3/t12-,14+,15+,16+,18-,19-/m0/s1. The van der Waals surface area contributed by atoms with Gasteiger partial charge in [0.15, 0.2) is 0 Å². The molecule has 4 aliphatic carbocycles. The lowest BCUT2D eigenvalue weighted by atomic mass is 9.45.